The van der Waals surface area contributed by atoms with Crippen molar-refractivity contribution >= 4 is 0 Å². The van der Waals surface area contributed by atoms with Gasteiger partial charge in [-0.25, -0.2) is 0 Å². The first-order chi connectivity index (χ1) is 4.37. The number of nitrogens with two attached hydrogens (primary N) is 1. The minimum Gasteiger partial charge on any atom is -0.325 e. The third-order valence-electron chi connectivity index (χ3n) is 2.75. The van der Waals surface area contributed by atoms with Crippen LogP contribution in [-0.4, -0.2) is 5.54 Å². The van der Waals surface area contributed by atoms with Crippen LogP contribution in [0.4, 0.5) is 0 Å². The molecule has 0 aromatic rings. The van der Waals surface area contributed by atoms with Crippen molar-refractivity contribution in [2.45, 2.75) is 46.1 Å². The van der Waals surface area contributed by atoms with Crippen LogP contribution in [0.25, 0.3) is 0 Å². The van der Waals surface area contributed by atoms with Gasteiger partial charge < -0.3 is 5.73 Å². The van der Waals surface area contributed by atoms with Gasteiger partial charge in [-0.1, -0.05) is 27.7 Å². The topological polar surface area (TPSA) is 26.0 Å². The van der Waals surface area contributed by atoms with E-state index in [1.807, 2.05) is 0 Å². The summed E-state index contributed by atoms with van der Waals surface area (Å²) < 4.78 is 0. The summed E-state index contributed by atoms with van der Waals surface area (Å²) in [6.45, 7) is 9.00. The molecule has 1 saturated carbocycles. The van der Waals surface area contributed by atoms with Crippen LogP contribution >= 0.6 is 0 Å². The summed E-state index contributed by atoms with van der Waals surface area (Å²) in [4.78, 5) is 0. The molecule has 1 fully saturated rings. The summed E-state index contributed by atoms with van der Waals surface area (Å²) >= 11 is 0. The van der Waals surface area contributed by atoms with Crippen LogP contribution in [0, 0.1) is 11.3 Å². The third kappa shape index (κ3) is 1.20. The first-order valence-corrected chi connectivity index (χ1v) is 4.16. The highest BCUT2D eigenvalue weighted by atomic mass is 14.9. The Bertz CT molecular complexity index is 138. The van der Waals surface area contributed by atoms with Gasteiger partial charge in [0.1, 0.15) is 0 Å². The van der Waals surface area contributed by atoms with Crippen LogP contribution < -0.4 is 5.73 Å². The maximum absolute atomic E-state index is 6.13. The van der Waals surface area contributed by atoms with Gasteiger partial charge in [0.25, 0.3) is 0 Å². The molecule has 0 radical (unpaired) electrons. The minimum atomic E-state index is 0.168. The lowest BCUT2D eigenvalue weighted by Gasteiger charge is -2.16. The average Bonchev–Trinajstić information content (AvgIpc) is 2.01. The summed E-state index contributed by atoms with van der Waals surface area (Å²) in [7, 11) is 0. The zero-order chi connectivity index (χ0) is 7.99. The van der Waals surface area contributed by atoms with Gasteiger partial charge in [0, 0.05) is 5.54 Å². The molecule has 2 N–H and O–H groups in total. The molecule has 0 amide bonds. The van der Waals surface area contributed by atoms with Gasteiger partial charge in [0.15, 0.2) is 0 Å². The molecule has 0 saturated heterocycles. The van der Waals surface area contributed by atoms with Crippen LogP contribution in [0.2, 0.25) is 0 Å². The molecule has 10 heavy (non-hydrogen) atoms. The zero-order valence-electron chi connectivity index (χ0n) is 7.57. The predicted molar refractivity (Wildman–Crippen MR) is 44.8 cm³/mol. The molecule has 1 aliphatic carbocycles. The van der Waals surface area contributed by atoms with Crippen molar-refractivity contribution in [2.24, 2.45) is 17.1 Å². The van der Waals surface area contributed by atoms with Crippen molar-refractivity contribution in [3.05, 3.63) is 0 Å². The van der Waals surface area contributed by atoms with E-state index >= 15 is 0 Å². The Labute approximate surface area is 64.0 Å². The quantitative estimate of drug-likeness (QED) is 0.626. The van der Waals surface area contributed by atoms with Crippen LogP contribution in [-0.2, 0) is 0 Å². The van der Waals surface area contributed by atoms with Crippen LogP contribution in [0.3, 0.4) is 0 Å². The second kappa shape index (κ2) is 1.97. The van der Waals surface area contributed by atoms with Gasteiger partial charge in [-0.2, -0.15) is 0 Å². The standard InChI is InChI=1S/C9H19N/c1-7(2)5-9(10)6-8(9,3)4/h7H,5-6,10H2,1-4H3. The fraction of sp³-hybridized carbons (Fsp3) is 1.00. The van der Waals surface area contributed by atoms with E-state index in [0.717, 1.165) is 5.92 Å². The first-order valence-electron chi connectivity index (χ1n) is 4.16. The lowest BCUT2D eigenvalue weighted by atomic mass is 9.96. The van der Waals surface area contributed by atoms with E-state index < -0.39 is 0 Å². The third-order valence-corrected chi connectivity index (χ3v) is 2.75. The molecule has 1 nitrogen and oxygen atoms in total. The van der Waals surface area contributed by atoms with E-state index in [0.29, 0.717) is 5.41 Å². The lowest BCUT2D eigenvalue weighted by molar-refractivity contribution is 0.405. The first kappa shape index (κ1) is 8.06. The smallest absolute Gasteiger partial charge is 0.0215 e. The monoisotopic (exact) mass is 141 g/mol. The molecule has 0 aromatic heterocycles. The predicted octanol–water partition coefficient (Wildman–Crippen LogP) is 2.16. The van der Waals surface area contributed by atoms with Crippen molar-refractivity contribution < 1.29 is 0 Å². The number of hydrogen-bond donors (Lipinski definition) is 1. The Morgan fingerprint density at radius 2 is 1.80 bits per heavy atom. The van der Waals surface area contributed by atoms with Gasteiger partial charge in [-0.05, 0) is 24.2 Å². The molecule has 0 heterocycles. The molecule has 60 valence electrons. The van der Waals surface area contributed by atoms with E-state index in [4.69, 9.17) is 5.73 Å². The fourth-order valence-corrected chi connectivity index (χ4v) is 1.82. The molecular weight excluding hydrogens is 122 g/mol. The van der Waals surface area contributed by atoms with Gasteiger partial charge in [0.2, 0.25) is 0 Å². The normalized spacial score (nSPS) is 36.6. The van der Waals surface area contributed by atoms with E-state index in [-0.39, 0.29) is 5.54 Å². The highest BCUT2D eigenvalue weighted by Gasteiger charge is 2.57. The molecule has 0 spiro atoms. The molecule has 1 heteroatoms. The maximum Gasteiger partial charge on any atom is 0.0215 e. The van der Waals surface area contributed by atoms with E-state index in [1.165, 1.54) is 12.8 Å². The largest absolute Gasteiger partial charge is 0.325 e. The maximum atomic E-state index is 6.13. The Kier molecular flexibility index (Phi) is 1.59. The number of rotatable bonds is 2. The van der Waals surface area contributed by atoms with Crippen LogP contribution in [0.5, 0.6) is 0 Å². The minimum absolute atomic E-state index is 0.168. The molecular formula is C9H19N. The Morgan fingerprint density at radius 1 is 1.40 bits per heavy atom. The highest BCUT2D eigenvalue weighted by molar-refractivity contribution is 5.14. The van der Waals surface area contributed by atoms with Crippen molar-refractivity contribution in [1.29, 1.82) is 0 Å². The van der Waals surface area contributed by atoms with E-state index in [1.54, 1.807) is 0 Å². The van der Waals surface area contributed by atoms with Crippen LogP contribution in [0.15, 0.2) is 0 Å². The second-order valence-electron chi connectivity index (χ2n) is 4.81. The number of hydrogen-bond acceptors (Lipinski definition) is 1. The van der Waals surface area contributed by atoms with E-state index in [2.05, 4.69) is 27.7 Å². The highest BCUT2D eigenvalue weighted by Crippen LogP contribution is 2.56. The average molecular weight is 141 g/mol. The molecule has 0 bridgehead atoms. The lowest BCUT2D eigenvalue weighted by Crippen LogP contribution is -2.29. The summed E-state index contributed by atoms with van der Waals surface area (Å²) in [6.07, 6.45) is 2.39. The van der Waals surface area contributed by atoms with Crippen molar-refractivity contribution in [1.82, 2.24) is 0 Å². The van der Waals surface area contributed by atoms with Crippen molar-refractivity contribution in [3.63, 3.8) is 0 Å². The van der Waals surface area contributed by atoms with Crippen LogP contribution in [0.1, 0.15) is 40.5 Å². The molecule has 1 rings (SSSR count). The molecule has 1 aliphatic rings. The van der Waals surface area contributed by atoms with Gasteiger partial charge in [-0.3, -0.25) is 0 Å². The van der Waals surface area contributed by atoms with Gasteiger partial charge >= 0.3 is 0 Å². The summed E-state index contributed by atoms with van der Waals surface area (Å²) in [5, 5.41) is 0. The van der Waals surface area contributed by atoms with Gasteiger partial charge in [-0.15, -0.1) is 0 Å². The molecule has 1 unspecified atom stereocenters. The second-order valence-corrected chi connectivity index (χ2v) is 4.81. The van der Waals surface area contributed by atoms with E-state index in [9.17, 15) is 0 Å². The summed E-state index contributed by atoms with van der Waals surface area (Å²) in [5.41, 5.74) is 6.71. The Balaban J connectivity index is 2.44. The fourth-order valence-electron chi connectivity index (χ4n) is 1.82. The van der Waals surface area contributed by atoms with Crippen molar-refractivity contribution in [2.75, 3.05) is 0 Å². The van der Waals surface area contributed by atoms with Crippen molar-refractivity contribution in [3.8, 4) is 0 Å². The zero-order valence-corrected chi connectivity index (χ0v) is 7.57. The summed E-state index contributed by atoms with van der Waals surface area (Å²) in [5.74, 6) is 0.742. The molecule has 0 aromatic carbocycles. The Morgan fingerprint density at radius 3 is 1.90 bits per heavy atom. The molecule has 1 atom stereocenters. The Hall–Kier alpha value is -0.0400. The SMILES string of the molecule is CC(C)CC1(N)CC1(C)C. The summed E-state index contributed by atoms with van der Waals surface area (Å²) in [6, 6.07) is 0. The van der Waals surface area contributed by atoms with Gasteiger partial charge in [0.05, 0.1) is 0 Å². The molecule has 0 aliphatic heterocycles.